The van der Waals surface area contributed by atoms with Crippen molar-refractivity contribution in [1.82, 2.24) is 4.72 Å². The van der Waals surface area contributed by atoms with Gasteiger partial charge in [0.1, 0.15) is 10.6 Å². The maximum atomic E-state index is 12.4. The third-order valence-electron chi connectivity index (χ3n) is 3.52. The SMILES string of the molecule is CCCNS(=O)(=O)c1cc(N2C(=O)CCCC2=O)ccc1OC. The summed E-state index contributed by atoms with van der Waals surface area (Å²) >= 11 is 0. The largest absolute Gasteiger partial charge is 0.495 e. The molecule has 0 spiro atoms. The first kappa shape index (κ1) is 17.4. The van der Waals surface area contributed by atoms with E-state index in [1.54, 1.807) is 0 Å². The van der Waals surface area contributed by atoms with Crippen molar-refractivity contribution in [3.63, 3.8) is 0 Å². The summed E-state index contributed by atoms with van der Waals surface area (Å²) < 4.78 is 32.3. The molecule has 1 saturated heterocycles. The summed E-state index contributed by atoms with van der Waals surface area (Å²) in [5.74, 6) is -0.484. The van der Waals surface area contributed by atoms with Crippen LogP contribution in [0, 0.1) is 0 Å². The van der Waals surface area contributed by atoms with Crippen LogP contribution in [0.15, 0.2) is 23.1 Å². The Morgan fingerprint density at radius 2 is 1.87 bits per heavy atom. The number of hydrogen-bond acceptors (Lipinski definition) is 5. The molecule has 1 fully saturated rings. The topological polar surface area (TPSA) is 92.8 Å². The van der Waals surface area contributed by atoms with Crippen LogP contribution in [0.25, 0.3) is 0 Å². The van der Waals surface area contributed by atoms with Crippen LogP contribution < -0.4 is 14.4 Å². The standard InChI is InChI=1S/C15H20N2O5S/c1-3-9-16-23(20,21)13-10-11(7-8-12(13)22-2)17-14(18)5-4-6-15(17)19/h7-8,10,16H,3-6,9H2,1-2H3. The number of anilines is 1. The molecule has 0 atom stereocenters. The van der Waals surface area contributed by atoms with Crippen molar-refractivity contribution < 1.29 is 22.7 Å². The molecule has 1 aliphatic rings. The number of amides is 2. The highest BCUT2D eigenvalue weighted by Gasteiger charge is 2.29. The lowest BCUT2D eigenvalue weighted by molar-refractivity contribution is -0.129. The lowest BCUT2D eigenvalue weighted by Gasteiger charge is -2.25. The minimum absolute atomic E-state index is 0.0860. The van der Waals surface area contributed by atoms with E-state index in [2.05, 4.69) is 4.72 Å². The second-order valence-corrected chi connectivity index (χ2v) is 6.94. The summed E-state index contributed by atoms with van der Waals surface area (Å²) in [6, 6.07) is 4.27. The molecule has 0 unspecified atom stereocenters. The van der Waals surface area contributed by atoms with Crippen LogP contribution in [0.4, 0.5) is 5.69 Å². The van der Waals surface area contributed by atoms with Gasteiger partial charge >= 0.3 is 0 Å². The Labute approximate surface area is 135 Å². The van der Waals surface area contributed by atoms with Gasteiger partial charge in [-0.15, -0.1) is 0 Å². The average Bonchev–Trinajstić information content (AvgIpc) is 2.52. The maximum Gasteiger partial charge on any atom is 0.244 e. The van der Waals surface area contributed by atoms with Gasteiger partial charge in [-0.25, -0.2) is 13.1 Å². The summed E-state index contributed by atoms with van der Waals surface area (Å²) in [5, 5.41) is 0. The van der Waals surface area contributed by atoms with Crippen molar-refractivity contribution in [3.8, 4) is 5.75 Å². The Bertz CT molecular complexity index is 699. The fourth-order valence-corrected chi connectivity index (χ4v) is 3.69. The van der Waals surface area contributed by atoms with Gasteiger partial charge in [0.05, 0.1) is 12.8 Å². The molecule has 0 bridgehead atoms. The van der Waals surface area contributed by atoms with Crippen LogP contribution in [0.2, 0.25) is 0 Å². The summed E-state index contributed by atoms with van der Waals surface area (Å²) in [4.78, 5) is 25.0. The summed E-state index contributed by atoms with van der Waals surface area (Å²) in [6.07, 6.45) is 1.71. The Morgan fingerprint density at radius 3 is 2.43 bits per heavy atom. The molecule has 2 rings (SSSR count). The van der Waals surface area contributed by atoms with Crippen molar-refractivity contribution in [2.45, 2.75) is 37.5 Å². The third-order valence-corrected chi connectivity index (χ3v) is 5.00. The van der Waals surface area contributed by atoms with Gasteiger partial charge in [-0.1, -0.05) is 6.92 Å². The predicted octanol–water partition coefficient (Wildman–Crippen LogP) is 1.43. The summed E-state index contributed by atoms with van der Waals surface area (Å²) in [6.45, 7) is 2.14. The van der Waals surface area contributed by atoms with Crippen molar-refractivity contribution in [3.05, 3.63) is 18.2 Å². The number of methoxy groups -OCH3 is 1. The Hall–Kier alpha value is -1.93. The van der Waals surface area contributed by atoms with Crippen LogP contribution in [-0.2, 0) is 19.6 Å². The number of benzene rings is 1. The van der Waals surface area contributed by atoms with E-state index in [1.165, 1.54) is 25.3 Å². The molecule has 1 aliphatic heterocycles. The lowest BCUT2D eigenvalue weighted by atomic mass is 10.1. The number of carbonyl (C=O) groups is 2. The molecule has 1 aromatic rings. The van der Waals surface area contributed by atoms with Crippen molar-refractivity contribution in [2.24, 2.45) is 0 Å². The van der Waals surface area contributed by atoms with Crippen LogP contribution in [-0.4, -0.2) is 33.9 Å². The molecule has 1 N–H and O–H groups in total. The maximum absolute atomic E-state index is 12.4. The summed E-state index contributed by atoms with van der Waals surface area (Å²) in [7, 11) is -2.42. The smallest absolute Gasteiger partial charge is 0.244 e. The van der Waals surface area contributed by atoms with Crippen molar-refractivity contribution >= 4 is 27.5 Å². The zero-order valence-electron chi connectivity index (χ0n) is 13.2. The van der Waals surface area contributed by atoms with Crippen LogP contribution in [0.1, 0.15) is 32.6 Å². The van der Waals surface area contributed by atoms with Crippen LogP contribution >= 0.6 is 0 Å². The number of carbonyl (C=O) groups excluding carboxylic acids is 2. The zero-order valence-corrected chi connectivity index (χ0v) is 14.0. The number of piperidine rings is 1. The molecular weight excluding hydrogens is 320 g/mol. The number of hydrogen-bond donors (Lipinski definition) is 1. The molecule has 8 heteroatoms. The molecule has 1 aromatic carbocycles. The Morgan fingerprint density at radius 1 is 1.22 bits per heavy atom. The zero-order chi connectivity index (χ0) is 17.0. The van der Waals surface area contributed by atoms with E-state index in [0.717, 1.165) is 4.90 Å². The van der Waals surface area contributed by atoms with E-state index in [4.69, 9.17) is 4.74 Å². The van der Waals surface area contributed by atoms with E-state index in [9.17, 15) is 18.0 Å². The quantitative estimate of drug-likeness (QED) is 0.791. The first-order valence-electron chi connectivity index (χ1n) is 7.44. The van der Waals surface area contributed by atoms with Crippen LogP contribution in [0.5, 0.6) is 5.75 Å². The molecule has 0 radical (unpaired) electrons. The first-order chi connectivity index (χ1) is 10.9. The molecular formula is C15H20N2O5S. The second-order valence-electron chi connectivity index (χ2n) is 5.21. The highest BCUT2D eigenvalue weighted by molar-refractivity contribution is 7.89. The highest BCUT2D eigenvalue weighted by Crippen LogP contribution is 2.30. The van der Waals surface area contributed by atoms with Gasteiger partial charge in [0.25, 0.3) is 0 Å². The van der Waals surface area contributed by atoms with Gasteiger partial charge in [0.15, 0.2) is 0 Å². The fraction of sp³-hybridized carbons (Fsp3) is 0.467. The van der Waals surface area contributed by atoms with Gasteiger partial charge in [-0.2, -0.15) is 0 Å². The van der Waals surface area contributed by atoms with E-state index in [0.29, 0.717) is 12.8 Å². The van der Waals surface area contributed by atoms with Crippen molar-refractivity contribution in [2.75, 3.05) is 18.6 Å². The predicted molar refractivity (Wildman–Crippen MR) is 84.8 cm³/mol. The van der Waals surface area contributed by atoms with Gasteiger partial charge in [-0.05, 0) is 31.0 Å². The first-order valence-corrected chi connectivity index (χ1v) is 8.92. The lowest BCUT2D eigenvalue weighted by Crippen LogP contribution is -2.40. The number of imide groups is 1. The Kier molecular flexibility index (Phi) is 5.38. The summed E-state index contributed by atoms with van der Waals surface area (Å²) in [5.41, 5.74) is 0.248. The molecule has 0 saturated carbocycles. The molecule has 23 heavy (non-hydrogen) atoms. The molecule has 2 amide bonds. The van der Waals surface area contributed by atoms with Gasteiger partial charge in [0.2, 0.25) is 21.8 Å². The van der Waals surface area contributed by atoms with Gasteiger partial charge in [0, 0.05) is 19.4 Å². The molecule has 0 aromatic heterocycles. The van der Waals surface area contributed by atoms with E-state index < -0.39 is 10.0 Å². The van der Waals surface area contributed by atoms with Crippen molar-refractivity contribution in [1.29, 1.82) is 0 Å². The average molecular weight is 340 g/mol. The van der Waals surface area contributed by atoms with E-state index >= 15 is 0 Å². The number of ether oxygens (including phenoxy) is 1. The minimum Gasteiger partial charge on any atom is -0.495 e. The molecule has 0 aliphatic carbocycles. The normalized spacial score (nSPS) is 15.8. The van der Waals surface area contributed by atoms with E-state index in [1.807, 2.05) is 6.92 Å². The second kappa shape index (κ2) is 7.10. The monoisotopic (exact) mass is 340 g/mol. The van der Waals surface area contributed by atoms with Gasteiger partial charge < -0.3 is 4.74 Å². The molecule has 126 valence electrons. The number of rotatable bonds is 6. The number of sulfonamides is 1. The van der Waals surface area contributed by atoms with Crippen LogP contribution in [0.3, 0.4) is 0 Å². The fourth-order valence-electron chi connectivity index (χ4n) is 2.37. The molecule has 1 heterocycles. The third kappa shape index (κ3) is 3.70. The minimum atomic E-state index is -3.79. The van der Waals surface area contributed by atoms with Gasteiger partial charge in [-0.3, -0.25) is 14.5 Å². The molecule has 7 nitrogen and oxygen atoms in total. The van der Waals surface area contributed by atoms with E-state index in [-0.39, 0.29) is 47.5 Å². The Balaban J connectivity index is 2.47. The number of nitrogens with one attached hydrogen (secondary N) is 1. The highest BCUT2D eigenvalue weighted by atomic mass is 32.2. The number of nitrogens with zero attached hydrogens (tertiary/aromatic N) is 1.